The molecule has 4 heterocycles. The summed E-state index contributed by atoms with van der Waals surface area (Å²) < 4.78 is 56.4. The largest absolute Gasteiger partial charge is 0.369 e. The summed E-state index contributed by atoms with van der Waals surface area (Å²) in [5.74, 6) is -0.480. The average Bonchev–Trinajstić information content (AvgIpc) is 4.06. The number of rotatable bonds is 12. The predicted molar refractivity (Wildman–Crippen MR) is 276 cm³/mol. The molecule has 0 spiro atoms. The van der Waals surface area contributed by atoms with Gasteiger partial charge in [0.25, 0.3) is 31.9 Å². The number of amides is 2. The molecule has 2 N–H and O–H groups in total. The Bertz CT molecular complexity index is 3130. The first-order chi connectivity index (χ1) is 32.6. The van der Waals surface area contributed by atoms with Gasteiger partial charge in [-0.25, -0.2) is 16.8 Å². The number of hydrogen-bond donors (Lipinski definition) is 2. The lowest BCUT2D eigenvalue weighted by molar-refractivity contribution is 0.0943. The number of nitrogens with zero attached hydrogens (tertiary/aromatic N) is 4. The monoisotopic (exact) mass is 1070 g/mol. The van der Waals surface area contributed by atoms with Crippen LogP contribution in [0.5, 0.6) is 0 Å². The predicted octanol–water partition coefficient (Wildman–Crippen LogP) is 10.1. The minimum absolute atomic E-state index is 0.232. The number of carbonyl (C=O) groups excluding carboxylic acids is 2. The number of piperazine rings is 2. The Morgan fingerprint density at radius 1 is 0.500 bits per heavy atom. The van der Waals surface area contributed by atoms with Crippen LogP contribution in [0.1, 0.15) is 30.5 Å². The second-order valence-electron chi connectivity index (χ2n) is 15.7. The van der Waals surface area contributed by atoms with Crippen LogP contribution in [0.15, 0.2) is 142 Å². The molecule has 2 aliphatic heterocycles. The number of halogens is 4. The van der Waals surface area contributed by atoms with E-state index in [1.165, 1.54) is 26.4 Å². The van der Waals surface area contributed by atoms with Crippen LogP contribution in [0, 0.1) is 0 Å². The number of benzene rings is 5. The molecule has 2 amide bonds. The molecule has 12 nitrogen and oxygen atoms in total. The van der Waals surface area contributed by atoms with Crippen LogP contribution in [0.4, 0.5) is 11.4 Å². The van der Waals surface area contributed by atoms with Gasteiger partial charge in [0, 0.05) is 100 Å². The van der Waals surface area contributed by atoms with Gasteiger partial charge in [-0.05, 0) is 102 Å². The lowest BCUT2D eigenvalue weighted by atomic mass is 10.1. The Kier molecular flexibility index (Phi) is 16.0. The molecule has 68 heavy (non-hydrogen) atoms. The standard InChI is InChI=1S/C26H24ClN3O3S2.C22H20Cl3N3O3S2/c27-21-10-8-20(9-11-21)26(31)28-18-22-12-13-25(34-22)35(32,33)30-16-14-29(15-17-30)24-7-3-5-19-4-1-2-6-23(19)24;23-16-3-1-15(2-4-16)22(29)26-14-18-6-8-21(32-18)33(30,31)28-11-9-27(10-12-28)17-5-7-19(24)20(25)13-17/h1-13H,14-18H2,(H,28,31);1-8,13H,9-12,14H2,(H,26,29). The molecule has 2 aromatic heterocycles. The highest BCUT2D eigenvalue weighted by Gasteiger charge is 2.32. The third-order valence-corrected chi connectivity index (χ3v) is 19.5. The Morgan fingerprint density at radius 2 is 0.971 bits per heavy atom. The molecular formula is C48H44Cl4N6O6S4. The zero-order valence-corrected chi connectivity index (χ0v) is 42.4. The maximum absolute atomic E-state index is 13.3. The van der Waals surface area contributed by atoms with Crippen molar-refractivity contribution in [3.05, 3.63) is 174 Å². The van der Waals surface area contributed by atoms with Crippen LogP contribution >= 0.6 is 69.1 Å². The van der Waals surface area contributed by atoms with Crippen molar-refractivity contribution in [3.63, 3.8) is 0 Å². The van der Waals surface area contributed by atoms with E-state index in [0.717, 1.165) is 32.5 Å². The quantitative estimate of drug-likeness (QED) is 0.123. The molecule has 354 valence electrons. The fourth-order valence-corrected chi connectivity index (χ4v) is 14.0. The maximum atomic E-state index is 13.3. The minimum atomic E-state index is -3.61. The zero-order chi connectivity index (χ0) is 48.0. The van der Waals surface area contributed by atoms with E-state index in [-0.39, 0.29) is 29.1 Å². The summed E-state index contributed by atoms with van der Waals surface area (Å²) in [5, 5.41) is 10.1. The van der Waals surface area contributed by atoms with E-state index >= 15 is 0 Å². The van der Waals surface area contributed by atoms with E-state index < -0.39 is 20.0 Å². The number of anilines is 2. The topological polar surface area (TPSA) is 139 Å². The van der Waals surface area contributed by atoms with Gasteiger partial charge in [0.2, 0.25) is 0 Å². The van der Waals surface area contributed by atoms with Crippen LogP contribution in [-0.4, -0.2) is 89.6 Å². The molecule has 7 aromatic rings. The number of thiophene rings is 2. The molecule has 0 radical (unpaired) electrons. The Hall–Kier alpha value is -4.72. The summed E-state index contributed by atoms with van der Waals surface area (Å²) in [6, 6.07) is 39.8. The van der Waals surface area contributed by atoms with Crippen molar-refractivity contribution in [2.75, 3.05) is 62.2 Å². The van der Waals surface area contributed by atoms with Gasteiger partial charge in [0.05, 0.1) is 23.1 Å². The highest BCUT2D eigenvalue weighted by molar-refractivity contribution is 7.91. The first kappa shape index (κ1) is 49.7. The van der Waals surface area contributed by atoms with Crippen molar-refractivity contribution in [2.24, 2.45) is 0 Å². The molecule has 5 aromatic carbocycles. The summed E-state index contributed by atoms with van der Waals surface area (Å²) in [6.45, 7) is 4.43. The highest BCUT2D eigenvalue weighted by atomic mass is 35.5. The summed E-state index contributed by atoms with van der Waals surface area (Å²) >= 11 is 26.2. The van der Waals surface area contributed by atoms with Crippen molar-refractivity contribution >= 4 is 123 Å². The number of carbonyl (C=O) groups is 2. The van der Waals surface area contributed by atoms with Crippen molar-refractivity contribution in [1.29, 1.82) is 0 Å². The Morgan fingerprint density at radius 3 is 1.47 bits per heavy atom. The first-order valence-electron chi connectivity index (χ1n) is 21.3. The molecule has 0 unspecified atom stereocenters. The van der Waals surface area contributed by atoms with Crippen LogP contribution in [0.2, 0.25) is 20.1 Å². The van der Waals surface area contributed by atoms with Crippen molar-refractivity contribution < 1.29 is 26.4 Å². The van der Waals surface area contributed by atoms with Gasteiger partial charge in [0.15, 0.2) is 0 Å². The van der Waals surface area contributed by atoms with Gasteiger partial charge >= 0.3 is 0 Å². The summed E-state index contributed by atoms with van der Waals surface area (Å²) in [4.78, 5) is 30.5. The van der Waals surface area contributed by atoms with Gasteiger partial charge in [-0.3, -0.25) is 9.59 Å². The molecule has 0 saturated carbocycles. The van der Waals surface area contributed by atoms with E-state index in [9.17, 15) is 26.4 Å². The van der Waals surface area contributed by atoms with E-state index in [2.05, 4.69) is 44.7 Å². The summed E-state index contributed by atoms with van der Waals surface area (Å²) in [6.07, 6.45) is 0. The van der Waals surface area contributed by atoms with Crippen LogP contribution in [-0.2, 0) is 33.1 Å². The molecular weight excluding hydrogens is 1030 g/mol. The number of nitrogens with one attached hydrogen (secondary N) is 2. The molecule has 0 bridgehead atoms. The second kappa shape index (κ2) is 21.9. The minimum Gasteiger partial charge on any atom is -0.369 e. The third-order valence-electron chi connectivity index (χ3n) is 11.4. The first-order valence-corrected chi connectivity index (χ1v) is 27.4. The molecule has 2 fully saturated rings. The molecule has 0 atom stereocenters. The fraction of sp³-hybridized carbons (Fsp3) is 0.208. The van der Waals surface area contributed by atoms with Crippen LogP contribution in [0.3, 0.4) is 0 Å². The van der Waals surface area contributed by atoms with Crippen molar-refractivity contribution in [1.82, 2.24) is 19.2 Å². The van der Waals surface area contributed by atoms with Crippen LogP contribution in [0.25, 0.3) is 10.8 Å². The normalized spacial score (nSPS) is 14.9. The SMILES string of the molecule is O=C(NCc1ccc(S(=O)(=O)N2CCN(c3ccc(Cl)c(Cl)c3)CC2)s1)c1ccc(Cl)cc1.O=C(NCc1ccc(S(=O)(=O)N2CCN(c3cccc4ccccc34)CC2)s1)c1ccc(Cl)cc1. The number of sulfonamides is 2. The Balaban J connectivity index is 0.000000184. The number of hydrogen-bond acceptors (Lipinski definition) is 10. The Labute approximate surface area is 423 Å². The van der Waals surface area contributed by atoms with E-state index in [0.29, 0.717) is 87.8 Å². The molecule has 9 rings (SSSR count). The zero-order valence-electron chi connectivity index (χ0n) is 36.2. The molecule has 0 aliphatic carbocycles. The lowest BCUT2D eigenvalue weighted by Crippen LogP contribution is -2.48. The summed E-state index contributed by atoms with van der Waals surface area (Å²) in [7, 11) is -7.19. The molecule has 2 aliphatic rings. The van der Waals surface area contributed by atoms with Crippen LogP contribution < -0.4 is 20.4 Å². The van der Waals surface area contributed by atoms with Crippen molar-refractivity contribution in [2.45, 2.75) is 21.5 Å². The average molecular weight is 1070 g/mol. The second-order valence-corrected chi connectivity index (χ2v) is 24.1. The number of fused-ring (bicyclic) bond motifs is 1. The van der Waals surface area contributed by atoms with Gasteiger partial charge in [-0.15, -0.1) is 22.7 Å². The van der Waals surface area contributed by atoms with Gasteiger partial charge < -0.3 is 20.4 Å². The van der Waals surface area contributed by atoms with Gasteiger partial charge in [-0.1, -0.05) is 82.8 Å². The van der Waals surface area contributed by atoms with Crippen molar-refractivity contribution in [3.8, 4) is 0 Å². The third kappa shape index (κ3) is 11.8. The fourth-order valence-electron chi connectivity index (χ4n) is 7.70. The van der Waals surface area contributed by atoms with Gasteiger partial charge in [0.1, 0.15) is 8.42 Å². The highest BCUT2D eigenvalue weighted by Crippen LogP contribution is 2.32. The molecule has 2 saturated heterocycles. The van der Waals surface area contributed by atoms with E-state index in [1.54, 1.807) is 89.2 Å². The van der Waals surface area contributed by atoms with E-state index in [4.69, 9.17) is 46.4 Å². The summed E-state index contributed by atoms with van der Waals surface area (Å²) in [5.41, 5.74) is 3.04. The maximum Gasteiger partial charge on any atom is 0.252 e. The van der Waals surface area contributed by atoms with Gasteiger partial charge in [-0.2, -0.15) is 8.61 Å². The van der Waals surface area contributed by atoms with E-state index in [1.807, 2.05) is 24.3 Å². The lowest BCUT2D eigenvalue weighted by Gasteiger charge is -2.35. The smallest absolute Gasteiger partial charge is 0.252 e. The molecule has 20 heteroatoms.